The lowest BCUT2D eigenvalue weighted by molar-refractivity contribution is -0.134. The molecule has 1 aromatic heterocycles. The van der Waals surface area contributed by atoms with E-state index >= 15 is 0 Å². The van der Waals surface area contributed by atoms with Gasteiger partial charge in [0.25, 0.3) is 0 Å². The Balaban J connectivity index is 1.58. The van der Waals surface area contributed by atoms with Crippen LogP contribution >= 0.6 is 0 Å². The second kappa shape index (κ2) is 7.82. The molecule has 0 radical (unpaired) electrons. The fourth-order valence-electron chi connectivity index (χ4n) is 3.14. The summed E-state index contributed by atoms with van der Waals surface area (Å²) < 4.78 is 65.3. The monoisotopic (exact) mass is 403 g/mol. The zero-order valence-electron chi connectivity index (χ0n) is 14.7. The average molecular weight is 403 g/mol. The number of carbonyl (C=O) groups is 1. The van der Waals surface area contributed by atoms with E-state index in [1.807, 2.05) is 0 Å². The smallest absolute Gasteiger partial charge is 0.333 e. The molecule has 28 heavy (non-hydrogen) atoms. The largest absolute Gasteiger partial charge is 0.396 e. The molecule has 11 heteroatoms. The van der Waals surface area contributed by atoms with Crippen molar-refractivity contribution in [1.29, 1.82) is 0 Å². The summed E-state index contributed by atoms with van der Waals surface area (Å²) in [5, 5.41) is 7.32. The summed E-state index contributed by atoms with van der Waals surface area (Å²) in [5.41, 5.74) is 6.41. The van der Waals surface area contributed by atoms with Gasteiger partial charge in [-0.1, -0.05) is 6.07 Å². The number of nitrogens with zero attached hydrogens (tertiary/aromatic N) is 4. The maximum Gasteiger partial charge on any atom is 0.396 e. The fraction of sp³-hybridized carbons (Fsp3) is 0.471. The van der Waals surface area contributed by atoms with Crippen molar-refractivity contribution in [3.05, 3.63) is 47.0 Å². The molecule has 0 spiro atoms. The van der Waals surface area contributed by atoms with E-state index in [0.29, 0.717) is 5.56 Å². The van der Waals surface area contributed by atoms with E-state index < -0.39 is 30.3 Å². The van der Waals surface area contributed by atoms with E-state index in [2.05, 4.69) is 10.2 Å². The summed E-state index contributed by atoms with van der Waals surface area (Å²) in [6, 6.07) is 2.81. The number of benzene rings is 1. The Labute approximate surface area is 157 Å². The first-order chi connectivity index (χ1) is 13.1. The van der Waals surface area contributed by atoms with Gasteiger partial charge in [-0.25, -0.2) is 8.78 Å². The number of hydrogen-bond acceptors (Lipinski definition) is 4. The van der Waals surface area contributed by atoms with Crippen LogP contribution in [0, 0.1) is 11.6 Å². The first-order valence-electron chi connectivity index (χ1n) is 8.57. The Morgan fingerprint density at radius 2 is 1.93 bits per heavy atom. The number of hydrogen-bond donors (Lipinski definition) is 1. The first-order valence-corrected chi connectivity index (χ1v) is 8.57. The highest BCUT2D eigenvalue weighted by molar-refractivity contribution is 5.76. The lowest BCUT2D eigenvalue weighted by atomic mass is 10.0. The Hall–Kier alpha value is -2.56. The summed E-state index contributed by atoms with van der Waals surface area (Å²) in [4.78, 5) is 13.9. The van der Waals surface area contributed by atoms with E-state index in [1.54, 1.807) is 0 Å². The third-order valence-corrected chi connectivity index (χ3v) is 4.46. The number of alkyl halides is 3. The normalized spacial score (nSPS) is 15.4. The molecule has 1 unspecified atom stereocenters. The van der Waals surface area contributed by atoms with Crippen molar-refractivity contribution in [2.45, 2.75) is 44.6 Å². The molecule has 3 rings (SSSR count). The van der Waals surface area contributed by atoms with Crippen LogP contribution in [0.4, 0.5) is 22.0 Å². The molecule has 0 bridgehead atoms. The number of halogens is 5. The van der Waals surface area contributed by atoms with Crippen molar-refractivity contribution in [1.82, 2.24) is 19.7 Å². The van der Waals surface area contributed by atoms with Gasteiger partial charge in [-0.05, 0) is 24.1 Å². The third-order valence-electron chi connectivity index (χ3n) is 4.46. The van der Waals surface area contributed by atoms with Crippen LogP contribution in [0.25, 0.3) is 0 Å². The molecule has 152 valence electrons. The number of amides is 1. The van der Waals surface area contributed by atoms with E-state index in [0.717, 1.165) is 12.1 Å². The SMILES string of the molecule is NC(CC(=O)N1CCn2c(nnc2CC(F)(F)F)C1)Cc1ccc(F)c(F)c1. The molecule has 1 aliphatic heterocycles. The van der Waals surface area contributed by atoms with Crippen LogP contribution in [-0.2, 0) is 30.7 Å². The molecule has 2 N–H and O–H groups in total. The molecule has 0 saturated carbocycles. The molecule has 6 nitrogen and oxygen atoms in total. The van der Waals surface area contributed by atoms with Crippen molar-refractivity contribution in [2.75, 3.05) is 6.54 Å². The van der Waals surface area contributed by atoms with Crippen LogP contribution in [0.15, 0.2) is 18.2 Å². The van der Waals surface area contributed by atoms with Gasteiger partial charge in [0.2, 0.25) is 5.91 Å². The van der Waals surface area contributed by atoms with Gasteiger partial charge in [-0.2, -0.15) is 13.2 Å². The second-order valence-electron chi connectivity index (χ2n) is 6.71. The topological polar surface area (TPSA) is 77.0 Å². The van der Waals surface area contributed by atoms with Gasteiger partial charge in [0, 0.05) is 25.6 Å². The Morgan fingerprint density at radius 1 is 1.18 bits per heavy atom. The van der Waals surface area contributed by atoms with Gasteiger partial charge in [-0.3, -0.25) is 4.79 Å². The summed E-state index contributed by atoms with van der Waals surface area (Å²) in [6.45, 7) is 0.423. The van der Waals surface area contributed by atoms with Crippen molar-refractivity contribution in [2.24, 2.45) is 5.73 Å². The van der Waals surface area contributed by atoms with Gasteiger partial charge in [0.1, 0.15) is 12.2 Å². The Bertz CT molecular complexity index is 866. The van der Waals surface area contributed by atoms with Crippen molar-refractivity contribution >= 4 is 5.91 Å². The van der Waals surface area contributed by atoms with Crippen LogP contribution in [0.3, 0.4) is 0 Å². The number of rotatable bonds is 5. The summed E-state index contributed by atoms with van der Waals surface area (Å²) in [6.07, 6.45) is -5.42. The maximum atomic E-state index is 13.3. The van der Waals surface area contributed by atoms with Gasteiger partial charge in [0.05, 0.1) is 6.54 Å². The summed E-state index contributed by atoms with van der Waals surface area (Å²) >= 11 is 0. The summed E-state index contributed by atoms with van der Waals surface area (Å²) in [5.74, 6) is -2.13. The lowest BCUT2D eigenvalue weighted by Crippen LogP contribution is -2.41. The number of aromatic nitrogens is 3. The van der Waals surface area contributed by atoms with Crippen molar-refractivity contribution < 1.29 is 26.7 Å². The van der Waals surface area contributed by atoms with Crippen molar-refractivity contribution in [3.8, 4) is 0 Å². The van der Waals surface area contributed by atoms with Crippen LogP contribution in [-0.4, -0.2) is 44.3 Å². The van der Waals surface area contributed by atoms with E-state index in [-0.39, 0.29) is 50.0 Å². The van der Waals surface area contributed by atoms with Crippen LogP contribution in [0.1, 0.15) is 23.6 Å². The standard InChI is InChI=1S/C17H18F5N5O/c18-12-2-1-10(6-13(12)19)5-11(23)7-16(28)26-3-4-27-14(8-17(20,21)22)24-25-15(27)9-26/h1-2,6,11H,3-5,7-9,23H2. The molecule has 0 aliphatic carbocycles. The highest BCUT2D eigenvalue weighted by Crippen LogP contribution is 2.22. The molecule has 1 aromatic carbocycles. The lowest BCUT2D eigenvalue weighted by Gasteiger charge is -2.29. The molecule has 1 aliphatic rings. The second-order valence-corrected chi connectivity index (χ2v) is 6.71. The predicted octanol–water partition coefficient (Wildman–Crippen LogP) is 1.96. The van der Waals surface area contributed by atoms with Crippen molar-refractivity contribution in [3.63, 3.8) is 0 Å². The zero-order chi connectivity index (χ0) is 20.5. The molecular weight excluding hydrogens is 385 g/mol. The van der Waals surface area contributed by atoms with Crippen LogP contribution in [0.2, 0.25) is 0 Å². The zero-order valence-corrected chi connectivity index (χ0v) is 14.7. The van der Waals surface area contributed by atoms with Gasteiger partial charge in [-0.15, -0.1) is 10.2 Å². The molecule has 1 atom stereocenters. The van der Waals surface area contributed by atoms with E-state index in [1.165, 1.54) is 15.5 Å². The van der Waals surface area contributed by atoms with Crippen LogP contribution < -0.4 is 5.73 Å². The Morgan fingerprint density at radius 3 is 2.61 bits per heavy atom. The maximum absolute atomic E-state index is 13.3. The van der Waals surface area contributed by atoms with Crippen LogP contribution in [0.5, 0.6) is 0 Å². The number of nitrogens with two attached hydrogens (primary N) is 1. The fourth-order valence-corrected chi connectivity index (χ4v) is 3.14. The highest BCUT2D eigenvalue weighted by Gasteiger charge is 2.33. The number of carbonyl (C=O) groups excluding carboxylic acids is 1. The molecule has 1 amide bonds. The minimum atomic E-state index is -4.39. The average Bonchev–Trinajstić information content (AvgIpc) is 2.98. The molecular formula is C17H18F5N5O. The minimum Gasteiger partial charge on any atom is -0.333 e. The van der Waals surface area contributed by atoms with E-state index in [9.17, 15) is 26.7 Å². The van der Waals surface area contributed by atoms with Gasteiger partial charge in [0.15, 0.2) is 17.5 Å². The first kappa shape index (κ1) is 20.2. The van der Waals surface area contributed by atoms with Gasteiger partial charge >= 0.3 is 6.18 Å². The Kier molecular flexibility index (Phi) is 5.64. The van der Waals surface area contributed by atoms with Gasteiger partial charge < -0.3 is 15.2 Å². The molecule has 2 aromatic rings. The summed E-state index contributed by atoms with van der Waals surface area (Å²) in [7, 11) is 0. The van der Waals surface area contributed by atoms with E-state index in [4.69, 9.17) is 5.73 Å². The molecule has 0 fully saturated rings. The predicted molar refractivity (Wildman–Crippen MR) is 87.9 cm³/mol. The minimum absolute atomic E-state index is 0.0391. The molecule has 2 heterocycles. The highest BCUT2D eigenvalue weighted by atomic mass is 19.4. The third kappa shape index (κ3) is 4.83. The number of fused-ring (bicyclic) bond motifs is 1. The quantitative estimate of drug-likeness (QED) is 0.775. The molecule has 0 saturated heterocycles.